The van der Waals surface area contributed by atoms with E-state index in [0.29, 0.717) is 18.7 Å². The predicted octanol–water partition coefficient (Wildman–Crippen LogP) is 2.51. The van der Waals surface area contributed by atoms with Gasteiger partial charge in [0.1, 0.15) is 18.5 Å². The fourth-order valence-corrected chi connectivity index (χ4v) is 1.18. The van der Waals surface area contributed by atoms with Crippen molar-refractivity contribution in [3.05, 3.63) is 28.1 Å². The maximum absolute atomic E-state index is 12.5. The standard InChI is InChI=1S/C11H14F3N3O3/c1-3-10(2,15)6-20-8-4-9(11(12,13)14)16-5-7(8)17(18)19/h4-5H,3,6,15H2,1-2H3. The number of nitrogens with zero attached hydrogens (tertiary/aromatic N) is 2. The van der Waals surface area contributed by atoms with Crippen molar-refractivity contribution in [1.29, 1.82) is 0 Å². The first-order valence-corrected chi connectivity index (χ1v) is 5.70. The fourth-order valence-electron chi connectivity index (χ4n) is 1.18. The number of ether oxygens (including phenoxy) is 1. The molecule has 0 spiro atoms. The summed E-state index contributed by atoms with van der Waals surface area (Å²) in [5.41, 5.74) is 3.09. The highest BCUT2D eigenvalue weighted by atomic mass is 19.4. The summed E-state index contributed by atoms with van der Waals surface area (Å²) in [5.74, 6) is -0.498. The molecule has 0 bridgehead atoms. The van der Waals surface area contributed by atoms with Gasteiger partial charge < -0.3 is 10.5 Å². The summed E-state index contributed by atoms with van der Waals surface area (Å²) >= 11 is 0. The largest absolute Gasteiger partial charge is 0.485 e. The van der Waals surface area contributed by atoms with Crippen LogP contribution in [0.3, 0.4) is 0 Å². The second-order valence-electron chi connectivity index (χ2n) is 4.59. The summed E-state index contributed by atoms with van der Waals surface area (Å²) in [5, 5.41) is 10.7. The van der Waals surface area contributed by atoms with Crippen molar-refractivity contribution in [2.24, 2.45) is 5.73 Å². The second kappa shape index (κ2) is 5.61. The zero-order valence-corrected chi connectivity index (χ0v) is 10.9. The summed E-state index contributed by atoms with van der Waals surface area (Å²) in [6.07, 6.45) is -3.68. The third kappa shape index (κ3) is 4.05. The van der Waals surface area contributed by atoms with Crippen LogP contribution in [0.2, 0.25) is 0 Å². The van der Waals surface area contributed by atoms with Gasteiger partial charge in [0.15, 0.2) is 0 Å². The summed E-state index contributed by atoms with van der Waals surface area (Å²) in [6, 6.07) is 0.504. The van der Waals surface area contributed by atoms with E-state index in [1.54, 1.807) is 13.8 Å². The topological polar surface area (TPSA) is 91.3 Å². The average Bonchev–Trinajstić information content (AvgIpc) is 2.35. The normalized spacial score (nSPS) is 14.7. The molecule has 0 saturated carbocycles. The Morgan fingerprint density at radius 1 is 1.50 bits per heavy atom. The van der Waals surface area contributed by atoms with Crippen molar-refractivity contribution in [3.63, 3.8) is 0 Å². The van der Waals surface area contributed by atoms with Crippen molar-refractivity contribution in [1.82, 2.24) is 4.98 Å². The molecule has 1 atom stereocenters. The minimum Gasteiger partial charge on any atom is -0.485 e. The average molecular weight is 293 g/mol. The molecule has 9 heteroatoms. The minimum absolute atomic E-state index is 0.147. The van der Waals surface area contributed by atoms with Crippen LogP contribution in [-0.4, -0.2) is 22.1 Å². The molecule has 6 nitrogen and oxygen atoms in total. The predicted molar refractivity (Wildman–Crippen MR) is 64.3 cm³/mol. The summed E-state index contributed by atoms with van der Waals surface area (Å²) in [7, 11) is 0. The molecule has 1 aromatic rings. The van der Waals surface area contributed by atoms with Gasteiger partial charge in [0.25, 0.3) is 0 Å². The molecule has 112 valence electrons. The van der Waals surface area contributed by atoms with E-state index in [1.165, 1.54) is 0 Å². The molecule has 0 amide bonds. The molecule has 20 heavy (non-hydrogen) atoms. The maximum atomic E-state index is 12.5. The number of hydrogen-bond acceptors (Lipinski definition) is 5. The van der Waals surface area contributed by atoms with E-state index in [-0.39, 0.29) is 6.61 Å². The molecule has 0 radical (unpaired) electrons. The Morgan fingerprint density at radius 3 is 2.55 bits per heavy atom. The smallest absolute Gasteiger partial charge is 0.433 e. The lowest BCUT2D eigenvalue weighted by Gasteiger charge is -2.22. The lowest BCUT2D eigenvalue weighted by Crippen LogP contribution is -2.41. The van der Waals surface area contributed by atoms with Gasteiger partial charge in [0.05, 0.1) is 4.92 Å². The summed E-state index contributed by atoms with van der Waals surface area (Å²) < 4.78 is 42.7. The van der Waals surface area contributed by atoms with Gasteiger partial charge in [0, 0.05) is 11.6 Å². The molecule has 1 rings (SSSR count). The molecule has 0 aliphatic heterocycles. The molecule has 0 fully saturated rings. The molecule has 0 aliphatic rings. The number of aromatic nitrogens is 1. The van der Waals surface area contributed by atoms with Crippen LogP contribution in [0.4, 0.5) is 18.9 Å². The molecule has 1 unspecified atom stereocenters. The van der Waals surface area contributed by atoms with Crippen LogP contribution in [0.1, 0.15) is 26.0 Å². The van der Waals surface area contributed by atoms with Crippen LogP contribution in [0.25, 0.3) is 0 Å². The number of nitrogens with two attached hydrogens (primary N) is 1. The first-order valence-electron chi connectivity index (χ1n) is 5.70. The number of alkyl halides is 3. The summed E-state index contributed by atoms with van der Waals surface area (Å²) in [4.78, 5) is 12.9. The third-order valence-electron chi connectivity index (χ3n) is 2.70. The number of rotatable bonds is 5. The minimum atomic E-state index is -4.70. The van der Waals surface area contributed by atoms with Crippen molar-refractivity contribution < 1.29 is 22.8 Å². The maximum Gasteiger partial charge on any atom is 0.433 e. The van der Waals surface area contributed by atoms with Gasteiger partial charge in [0.2, 0.25) is 5.75 Å². The van der Waals surface area contributed by atoms with E-state index in [4.69, 9.17) is 10.5 Å². The van der Waals surface area contributed by atoms with Crippen molar-refractivity contribution >= 4 is 5.69 Å². The molecule has 2 N–H and O–H groups in total. The number of hydrogen-bond donors (Lipinski definition) is 1. The number of halogens is 3. The van der Waals surface area contributed by atoms with Crippen LogP contribution in [0.15, 0.2) is 12.3 Å². The van der Waals surface area contributed by atoms with Crippen molar-refractivity contribution in [2.75, 3.05) is 6.61 Å². The van der Waals surface area contributed by atoms with Crippen LogP contribution < -0.4 is 10.5 Å². The Labute approximate surface area is 112 Å². The van der Waals surface area contributed by atoms with Crippen molar-refractivity contribution in [3.8, 4) is 5.75 Å². The van der Waals surface area contributed by atoms with Gasteiger partial charge in [-0.3, -0.25) is 10.1 Å². The highest BCUT2D eigenvalue weighted by molar-refractivity contribution is 5.45. The van der Waals surface area contributed by atoms with E-state index >= 15 is 0 Å². The fraction of sp³-hybridized carbons (Fsp3) is 0.545. The zero-order valence-electron chi connectivity index (χ0n) is 10.9. The first kappa shape index (κ1) is 16.2. The van der Waals surface area contributed by atoms with Crippen LogP contribution in [-0.2, 0) is 6.18 Å². The molecule has 1 heterocycles. The highest BCUT2D eigenvalue weighted by Gasteiger charge is 2.35. The third-order valence-corrected chi connectivity index (χ3v) is 2.70. The molecular formula is C11H14F3N3O3. The molecule has 0 aromatic carbocycles. The summed E-state index contributed by atoms with van der Waals surface area (Å²) in [6.45, 7) is 3.25. The Hall–Kier alpha value is -1.90. The number of nitro groups is 1. The second-order valence-corrected chi connectivity index (χ2v) is 4.59. The van der Waals surface area contributed by atoms with Gasteiger partial charge in [-0.25, -0.2) is 4.98 Å². The Kier molecular flexibility index (Phi) is 4.53. The van der Waals surface area contributed by atoms with E-state index < -0.39 is 33.8 Å². The van der Waals surface area contributed by atoms with Gasteiger partial charge in [-0.1, -0.05) is 6.92 Å². The Bertz CT molecular complexity index is 503. The monoisotopic (exact) mass is 293 g/mol. The van der Waals surface area contributed by atoms with E-state index in [9.17, 15) is 23.3 Å². The van der Waals surface area contributed by atoms with E-state index in [2.05, 4.69) is 4.98 Å². The first-order chi connectivity index (χ1) is 9.07. The highest BCUT2D eigenvalue weighted by Crippen LogP contribution is 2.34. The van der Waals surface area contributed by atoms with Gasteiger partial charge in [-0.15, -0.1) is 0 Å². The quantitative estimate of drug-likeness (QED) is 0.665. The zero-order chi connectivity index (χ0) is 15.6. The Morgan fingerprint density at radius 2 is 2.10 bits per heavy atom. The molecular weight excluding hydrogens is 279 g/mol. The lowest BCUT2D eigenvalue weighted by molar-refractivity contribution is -0.386. The van der Waals surface area contributed by atoms with Gasteiger partial charge in [-0.2, -0.15) is 13.2 Å². The van der Waals surface area contributed by atoms with Crippen LogP contribution in [0, 0.1) is 10.1 Å². The number of pyridine rings is 1. The van der Waals surface area contributed by atoms with Gasteiger partial charge in [-0.05, 0) is 13.3 Å². The van der Waals surface area contributed by atoms with E-state index in [0.717, 1.165) is 0 Å². The Balaban J connectivity index is 3.10. The lowest BCUT2D eigenvalue weighted by atomic mass is 10.0. The van der Waals surface area contributed by atoms with E-state index in [1.807, 2.05) is 0 Å². The van der Waals surface area contributed by atoms with Crippen molar-refractivity contribution in [2.45, 2.75) is 32.0 Å². The molecule has 0 aliphatic carbocycles. The van der Waals surface area contributed by atoms with Gasteiger partial charge >= 0.3 is 11.9 Å². The van der Waals surface area contributed by atoms with Crippen LogP contribution in [0.5, 0.6) is 5.75 Å². The van der Waals surface area contributed by atoms with Crippen LogP contribution >= 0.6 is 0 Å². The molecule has 0 saturated heterocycles. The molecule has 1 aromatic heterocycles. The SMILES string of the molecule is CCC(C)(N)COc1cc(C(F)(F)F)ncc1[N+](=O)[O-].